The minimum Gasteiger partial charge on any atom is -0.326 e. The van der Waals surface area contributed by atoms with Crippen molar-refractivity contribution in [3.05, 3.63) is 82.9 Å². The quantitative estimate of drug-likeness (QED) is 0.340. The summed E-state index contributed by atoms with van der Waals surface area (Å²) in [5, 5.41) is 9.86. The molecular formula is C25H23N3O2S2. The number of rotatable bonds is 7. The van der Waals surface area contributed by atoms with Crippen molar-refractivity contribution < 1.29 is 9.59 Å². The molecule has 0 fully saturated rings. The molecule has 2 N–H and O–H groups in total. The first kappa shape index (κ1) is 22.0. The van der Waals surface area contributed by atoms with E-state index in [0.29, 0.717) is 5.69 Å². The molecule has 7 heteroatoms. The molecule has 0 bridgehead atoms. The Morgan fingerprint density at radius 3 is 2.59 bits per heavy atom. The van der Waals surface area contributed by atoms with E-state index in [2.05, 4.69) is 15.6 Å². The normalized spacial score (nSPS) is 10.8. The highest BCUT2D eigenvalue weighted by Crippen LogP contribution is 2.26. The van der Waals surface area contributed by atoms with Crippen LogP contribution in [0.25, 0.3) is 10.8 Å². The molecule has 0 aliphatic rings. The van der Waals surface area contributed by atoms with Gasteiger partial charge in [0.15, 0.2) is 4.34 Å². The van der Waals surface area contributed by atoms with Crippen LogP contribution in [-0.4, -0.2) is 22.6 Å². The summed E-state index contributed by atoms with van der Waals surface area (Å²) >= 11 is 2.82. The highest BCUT2D eigenvalue weighted by atomic mass is 32.2. The summed E-state index contributed by atoms with van der Waals surface area (Å²) in [6.07, 6.45) is 0.201. The van der Waals surface area contributed by atoms with Crippen molar-refractivity contribution in [3.63, 3.8) is 0 Å². The second-order valence-corrected chi connectivity index (χ2v) is 9.57. The Morgan fingerprint density at radius 2 is 1.75 bits per heavy atom. The van der Waals surface area contributed by atoms with Gasteiger partial charge in [0.2, 0.25) is 11.8 Å². The minimum atomic E-state index is -0.108. The molecule has 162 valence electrons. The van der Waals surface area contributed by atoms with Gasteiger partial charge in [-0.25, -0.2) is 4.98 Å². The number of thiazole rings is 1. The summed E-state index contributed by atoms with van der Waals surface area (Å²) in [4.78, 5) is 29.3. The van der Waals surface area contributed by atoms with Gasteiger partial charge in [0.1, 0.15) is 0 Å². The zero-order chi connectivity index (χ0) is 22.5. The number of carbonyl (C=O) groups is 2. The lowest BCUT2D eigenvalue weighted by molar-refractivity contribution is -0.116. The average molecular weight is 462 g/mol. The molecule has 0 atom stereocenters. The molecule has 0 aliphatic carbocycles. The number of benzene rings is 3. The Morgan fingerprint density at radius 1 is 0.938 bits per heavy atom. The van der Waals surface area contributed by atoms with E-state index in [1.165, 1.54) is 28.7 Å². The third-order valence-electron chi connectivity index (χ3n) is 5.05. The first-order valence-corrected chi connectivity index (χ1v) is 12.1. The van der Waals surface area contributed by atoms with Crippen molar-refractivity contribution in [2.45, 2.75) is 24.6 Å². The van der Waals surface area contributed by atoms with Crippen LogP contribution in [0, 0.1) is 13.8 Å². The highest BCUT2D eigenvalue weighted by molar-refractivity contribution is 8.01. The Balaban J connectivity index is 1.29. The van der Waals surface area contributed by atoms with Gasteiger partial charge in [0.05, 0.1) is 17.9 Å². The number of fused-ring (bicyclic) bond motifs is 1. The zero-order valence-corrected chi connectivity index (χ0v) is 19.5. The number of aromatic nitrogens is 1. The first-order valence-electron chi connectivity index (χ1n) is 10.2. The van der Waals surface area contributed by atoms with Crippen LogP contribution in [-0.2, 0) is 16.0 Å². The molecule has 4 rings (SSSR count). The standard InChI is InChI=1S/C25H23N3O2S2/c1-16-10-11-19(12-17(16)2)26-23(29)13-20-14-31-25(27-20)32-15-24(30)28-22-9-5-7-18-6-3-4-8-21(18)22/h3-12,14H,13,15H2,1-2H3,(H,26,29)(H,28,30). The van der Waals surface area contributed by atoms with Crippen molar-refractivity contribution in [3.8, 4) is 0 Å². The van der Waals surface area contributed by atoms with E-state index in [-0.39, 0.29) is 24.0 Å². The van der Waals surface area contributed by atoms with E-state index in [1.54, 1.807) is 0 Å². The van der Waals surface area contributed by atoms with E-state index in [4.69, 9.17) is 0 Å². The third-order valence-corrected chi connectivity index (χ3v) is 7.12. The lowest BCUT2D eigenvalue weighted by atomic mass is 10.1. The summed E-state index contributed by atoms with van der Waals surface area (Å²) in [6.45, 7) is 4.06. The van der Waals surface area contributed by atoms with Crippen molar-refractivity contribution in [1.29, 1.82) is 0 Å². The summed E-state index contributed by atoms with van der Waals surface area (Å²) in [7, 11) is 0. The van der Waals surface area contributed by atoms with E-state index >= 15 is 0 Å². The molecule has 2 amide bonds. The maximum absolute atomic E-state index is 12.4. The van der Waals surface area contributed by atoms with E-state index in [1.807, 2.05) is 79.9 Å². The molecule has 3 aromatic carbocycles. The van der Waals surface area contributed by atoms with Crippen LogP contribution in [0.3, 0.4) is 0 Å². The molecule has 0 aliphatic heterocycles. The van der Waals surface area contributed by atoms with Gasteiger partial charge < -0.3 is 10.6 Å². The van der Waals surface area contributed by atoms with Crippen LogP contribution in [0.2, 0.25) is 0 Å². The number of hydrogen-bond donors (Lipinski definition) is 2. The fourth-order valence-electron chi connectivity index (χ4n) is 3.27. The second kappa shape index (κ2) is 9.97. The fourth-order valence-corrected chi connectivity index (χ4v) is 4.92. The molecule has 0 spiro atoms. The zero-order valence-electron chi connectivity index (χ0n) is 17.8. The number of anilines is 2. The van der Waals surface area contributed by atoms with Crippen LogP contribution in [0.4, 0.5) is 11.4 Å². The number of nitrogens with one attached hydrogen (secondary N) is 2. The average Bonchev–Trinajstić information content (AvgIpc) is 3.22. The summed E-state index contributed by atoms with van der Waals surface area (Å²) in [5.41, 5.74) is 4.61. The van der Waals surface area contributed by atoms with Gasteiger partial charge in [-0.1, -0.05) is 54.2 Å². The number of hydrogen-bond acceptors (Lipinski definition) is 5. The first-order chi connectivity index (χ1) is 15.5. The van der Waals surface area contributed by atoms with Crippen molar-refractivity contribution in [2.24, 2.45) is 0 Å². The summed E-state index contributed by atoms with van der Waals surface area (Å²) in [6, 6.07) is 19.7. The predicted molar refractivity (Wildman–Crippen MR) is 134 cm³/mol. The lowest BCUT2D eigenvalue weighted by Crippen LogP contribution is -2.15. The molecular weight excluding hydrogens is 438 g/mol. The van der Waals surface area contributed by atoms with E-state index < -0.39 is 0 Å². The molecule has 0 saturated carbocycles. The van der Waals surface area contributed by atoms with E-state index in [0.717, 1.165) is 32.1 Å². The Labute approximate surface area is 195 Å². The van der Waals surface area contributed by atoms with Gasteiger partial charge in [-0.2, -0.15) is 0 Å². The van der Waals surface area contributed by atoms with Crippen LogP contribution in [0.5, 0.6) is 0 Å². The summed E-state index contributed by atoms with van der Waals surface area (Å²) in [5.74, 6) is 0.0600. The smallest absolute Gasteiger partial charge is 0.234 e. The number of carbonyl (C=O) groups excluding carboxylic acids is 2. The monoisotopic (exact) mass is 461 g/mol. The Bertz CT molecular complexity index is 1280. The van der Waals surface area contributed by atoms with Gasteiger partial charge in [-0.05, 0) is 48.6 Å². The largest absolute Gasteiger partial charge is 0.326 e. The molecule has 32 heavy (non-hydrogen) atoms. The molecule has 1 aromatic heterocycles. The van der Waals surface area contributed by atoms with Gasteiger partial charge >= 0.3 is 0 Å². The Kier molecular flexibility index (Phi) is 6.87. The van der Waals surface area contributed by atoms with Gasteiger partial charge in [0.25, 0.3) is 0 Å². The molecule has 5 nitrogen and oxygen atoms in total. The number of amides is 2. The lowest BCUT2D eigenvalue weighted by Gasteiger charge is -2.08. The predicted octanol–water partition coefficient (Wildman–Crippen LogP) is 5.83. The van der Waals surface area contributed by atoms with Crippen molar-refractivity contribution >= 4 is 57.1 Å². The maximum Gasteiger partial charge on any atom is 0.234 e. The number of nitrogens with zero attached hydrogens (tertiary/aromatic N) is 1. The van der Waals surface area contributed by atoms with Gasteiger partial charge in [-0.3, -0.25) is 9.59 Å². The summed E-state index contributed by atoms with van der Waals surface area (Å²) < 4.78 is 0.770. The van der Waals surface area contributed by atoms with Crippen LogP contribution in [0.15, 0.2) is 70.4 Å². The molecule has 4 aromatic rings. The van der Waals surface area contributed by atoms with E-state index in [9.17, 15) is 9.59 Å². The van der Waals surface area contributed by atoms with Gasteiger partial charge in [-0.15, -0.1) is 11.3 Å². The van der Waals surface area contributed by atoms with Crippen molar-refractivity contribution in [1.82, 2.24) is 4.98 Å². The molecule has 1 heterocycles. The Hall–Kier alpha value is -3.16. The second-order valence-electron chi connectivity index (χ2n) is 7.49. The van der Waals surface area contributed by atoms with Crippen LogP contribution in [0.1, 0.15) is 16.8 Å². The topological polar surface area (TPSA) is 71.1 Å². The number of thioether (sulfide) groups is 1. The van der Waals surface area contributed by atoms with Gasteiger partial charge in [0, 0.05) is 22.1 Å². The molecule has 0 saturated heterocycles. The molecule has 0 radical (unpaired) electrons. The van der Waals surface area contributed by atoms with Crippen LogP contribution >= 0.6 is 23.1 Å². The third kappa shape index (κ3) is 5.55. The highest BCUT2D eigenvalue weighted by Gasteiger charge is 2.11. The maximum atomic E-state index is 12.4. The minimum absolute atomic E-state index is 0.0874. The van der Waals surface area contributed by atoms with Crippen LogP contribution < -0.4 is 10.6 Å². The van der Waals surface area contributed by atoms with Crippen molar-refractivity contribution in [2.75, 3.05) is 16.4 Å². The fraction of sp³-hybridized carbons (Fsp3) is 0.160. The number of aryl methyl sites for hydroxylation is 2. The SMILES string of the molecule is Cc1ccc(NC(=O)Cc2csc(SCC(=O)Nc3cccc4ccccc34)n2)cc1C. The molecule has 0 unspecified atom stereocenters.